The number of ether oxygens (including phenoxy) is 1. The molecule has 2 heterocycles. The minimum absolute atomic E-state index is 0.224. The van der Waals surface area contributed by atoms with Crippen molar-refractivity contribution in [2.45, 2.75) is 25.5 Å². The molecule has 0 radical (unpaired) electrons. The molecule has 1 unspecified atom stereocenters. The van der Waals surface area contributed by atoms with E-state index in [2.05, 4.69) is 26.0 Å². The van der Waals surface area contributed by atoms with Crippen molar-refractivity contribution in [1.82, 2.24) is 14.8 Å². The number of carbonyl (C=O) groups is 1. The Bertz CT molecular complexity index is 721. The first-order valence-electron chi connectivity index (χ1n) is 7.39. The first-order valence-corrected chi connectivity index (χ1v) is 8.18. The van der Waals surface area contributed by atoms with Crippen molar-refractivity contribution in [1.29, 1.82) is 0 Å². The van der Waals surface area contributed by atoms with E-state index in [0.717, 1.165) is 30.9 Å². The molecule has 1 fully saturated rings. The lowest BCUT2D eigenvalue weighted by Gasteiger charge is -2.24. The van der Waals surface area contributed by atoms with Crippen LogP contribution < -0.4 is 0 Å². The van der Waals surface area contributed by atoms with E-state index in [1.807, 2.05) is 30.3 Å². The van der Waals surface area contributed by atoms with Crippen LogP contribution in [0.1, 0.15) is 36.9 Å². The predicted molar refractivity (Wildman–Crippen MR) is 87.7 cm³/mol. The molecule has 120 valence electrons. The van der Waals surface area contributed by atoms with Gasteiger partial charge in [-0.1, -0.05) is 30.3 Å². The number of carboxylic acid groups (broad SMARTS) is 1. The lowest BCUT2D eigenvalue weighted by Crippen LogP contribution is -2.21. The van der Waals surface area contributed by atoms with Crippen LogP contribution >= 0.6 is 15.9 Å². The van der Waals surface area contributed by atoms with Crippen molar-refractivity contribution in [3.63, 3.8) is 0 Å². The Morgan fingerprint density at radius 2 is 2.13 bits per heavy atom. The third-order valence-electron chi connectivity index (χ3n) is 3.63. The molecular formula is C16H16BrN3O3. The fourth-order valence-corrected chi connectivity index (χ4v) is 2.96. The Hall–Kier alpha value is -1.99. The Labute approximate surface area is 141 Å². The highest BCUT2D eigenvalue weighted by Gasteiger charge is 2.24. The van der Waals surface area contributed by atoms with Gasteiger partial charge >= 0.3 is 5.97 Å². The topological polar surface area (TPSA) is 77.2 Å². The predicted octanol–water partition coefficient (Wildman–Crippen LogP) is 3.26. The van der Waals surface area contributed by atoms with Gasteiger partial charge in [0.2, 0.25) is 4.73 Å². The number of benzene rings is 1. The van der Waals surface area contributed by atoms with Gasteiger partial charge in [-0.05, 0) is 40.8 Å². The highest BCUT2D eigenvalue weighted by Crippen LogP contribution is 2.29. The van der Waals surface area contributed by atoms with Crippen LogP contribution in [0.4, 0.5) is 0 Å². The summed E-state index contributed by atoms with van der Waals surface area (Å²) in [7, 11) is 0. The average Bonchev–Trinajstić information content (AvgIpc) is 2.96. The highest BCUT2D eigenvalue weighted by molar-refractivity contribution is 9.10. The lowest BCUT2D eigenvalue weighted by atomic mass is 10.0. The van der Waals surface area contributed by atoms with Crippen molar-refractivity contribution in [3.05, 3.63) is 52.5 Å². The van der Waals surface area contributed by atoms with E-state index in [9.17, 15) is 9.90 Å². The zero-order valence-corrected chi connectivity index (χ0v) is 13.9. The summed E-state index contributed by atoms with van der Waals surface area (Å²) in [5.41, 5.74) is 1.28. The maximum absolute atomic E-state index is 11.3. The molecule has 0 amide bonds. The second-order valence-corrected chi connectivity index (χ2v) is 5.94. The zero-order chi connectivity index (χ0) is 16.2. The molecule has 6 nitrogen and oxygen atoms in total. The molecule has 1 aromatic carbocycles. The van der Waals surface area contributed by atoms with Crippen molar-refractivity contribution in [2.75, 3.05) is 6.61 Å². The monoisotopic (exact) mass is 377 g/mol. The Morgan fingerprint density at radius 3 is 2.78 bits per heavy atom. The number of rotatable bonds is 4. The first-order chi connectivity index (χ1) is 11.1. The summed E-state index contributed by atoms with van der Waals surface area (Å²) in [6.45, 7) is 0.672. The van der Waals surface area contributed by atoms with E-state index in [4.69, 9.17) is 4.74 Å². The molecule has 1 aliphatic heterocycles. The summed E-state index contributed by atoms with van der Waals surface area (Å²) in [5, 5.41) is 13.6. The van der Waals surface area contributed by atoms with Gasteiger partial charge in [0.1, 0.15) is 0 Å². The largest absolute Gasteiger partial charge is 0.478 e. The van der Waals surface area contributed by atoms with Gasteiger partial charge in [0, 0.05) is 18.3 Å². The van der Waals surface area contributed by atoms with E-state index in [0.29, 0.717) is 22.7 Å². The summed E-state index contributed by atoms with van der Waals surface area (Å²) in [6, 6.07) is 9.30. The molecule has 23 heavy (non-hydrogen) atoms. The van der Waals surface area contributed by atoms with Crippen LogP contribution in [-0.4, -0.2) is 32.4 Å². The molecule has 2 aromatic rings. The van der Waals surface area contributed by atoms with Gasteiger partial charge < -0.3 is 9.84 Å². The smallest absolute Gasteiger partial charge is 0.329 e. The fourth-order valence-electron chi connectivity index (χ4n) is 2.62. The van der Waals surface area contributed by atoms with Crippen LogP contribution in [0.5, 0.6) is 0 Å². The van der Waals surface area contributed by atoms with Crippen LogP contribution in [0.15, 0.2) is 41.1 Å². The van der Waals surface area contributed by atoms with E-state index in [-0.39, 0.29) is 6.23 Å². The Kier molecular flexibility index (Phi) is 4.88. The van der Waals surface area contributed by atoms with E-state index < -0.39 is 5.97 Å². The number of carboxylic acids is 1. The van der Waals surface area contributed by atoms with Crippen LogP contribution in [0.25, 0.3) is 5.57 Å². The normalized spacial score (nSPS) is 18.8. The quantitative estimate of drug-likeness (QED) is 0.827. The SMILES string of the molecule is O=C(O)/C=C(\c1ccccc1)c1nc(Br)nn1C1CCCCO1. The molecule has 1 aliphatic rings. The van der Waals surface area contributed by atoms with Gasteiger partial charge in [0.15, 0.2) is 12.1 Å². The third-order valence-corrected chi connectivity index (χ3v) is 3.96. The van der Waals surface area contributed by atoms with Crippen LogP contribution in [0.2, 0.25) is 0 Å². The number of nitrogens with zero attached hydrogens (tertiary/aromatic N) is 3. The van der Waals surface area contributed by atoms with Gasteiger partial charge in [-0.15, -0.1) is 5.10 Å². The van der Waals surface area contributed by atoms with Gasteiger partial charge in [-0.3, -0.25) is 0 Å². The van der Waals surface area contributed by atoms with E-state index >= 15 is 0 Å². The standard InChI is InChI=1S/C16H16BrN3O3/c17-16-18-15(20(19-16)13-8-4-5-9-23-13)12(10-14(21)22)11-6-2-1-3-7-11/h1-3,6-7,10,13H,4-5,8-9H2,(H,21,22)/b12-10+. The lowest BCUT2D eigenvalue weighted by molar-refractivity contribution is -0.131. The second kappa shape index (κ2) is 7.06. The van der Waals surface area contributed by atoms with E-state index in [1.54, 1.807) is 4.68 Å². The summed E-state index contributed by atoms with van der Waals surface area (Å²) in [5.74, 6) is -0.545. The summed E-state index contributed by atoms with van der Waals surface area (Å²) < 4.78 is 7.86. The highest BCUT2D eigenvalue weighted by atomic mass is 79.9. The van der Waals surface area contributed by atoms with Gasteiger partial charge in [-0.25, -0.2) is 14.5 Å². The van der Waals surface area contributed by atoms with Crippen LogP contribution in [0.3, 0.4) is 0 Å². The van der Waals surface area contributed by atoms with Gasteiger partial charge in [0.05, 0.1) is 0 Å². The number of aromatic nitrogens is 3. The summed E-state index contributed by atoms with van der Waals surface area (Å²) in [4.78, 5) is 15.6. The maximum atomic E-state index is 11.3. The number of hydrogen-bond acceptors (Lipinski definition) is 4. The van der Waals surface area contributed by atoms with E-state index in [1.165, 1.54) is 0 Å². The molecule has 3 rings (SSSR count). The Balaban J connectivity index is 2.08. The molecule has 1 N–H and O–H groups in total. The average molecular weight is 378 g/mol. The van der Waals surface area contributed by atoms with Gasteiger partial charge in [-0.2, -0.15) is 0 Å². The van der Waals surface area contributed by atoms with Crippen molar-refractivity contribution in [2.24, 2.45) is 0 Å². The van der Waals surface area contributed by atoms with Crippen molar-refractivity contribution in [3.8, 4) is 0 Å². The molecule has 7 heteroatoms. The zero-order valence-electron chi connectivity index (χ0n) is 12.4. The second-order valence-electron chi connectivity index (χ2n) is 5.23. The molecule has 1 atom stereocenters. The maximum Gasteiger partial charge on any atom is 0.329 e. The minimum Gasteiger partial charge on any atom is -0.478 e. The number of halogens is 1. The molecule has 0 bridgehead atoms. The first kappa shape index (κ1) is 15.9. The molecule has 1 aromatic heterocycles. The van der Waals surface area contributed by atoms with Crippen LogP contribution in [-0.2, 0) is 9.53 Å². The molecule has 0 spiro atoms. The summed E-state index contributed by atoms with van der Waals surface area (Å²) in [6.07, 6.45) is 3.84. The number of aliphatic carboxylic acids is 1. The van der Waals surface area contributed by atoms with Crippen molar-refractivity contribution >= 4 is 27.5 Å². The number of hydrogen-bond donors (Lipinski definition) is 1. The third kappa shape index (κ3) is 3.68. The molecule has 0 saturated carbocycles. The molecule has 1 saturated heterocycles. The van der Waals surface area contributed by atoms with Crippen LogP contribution in [0, 0.1) is 0 Å². The molecule has 0 aliphatic carbocycles. The van der Waals surface area contributed by atoms with Crippen molar-refractivity contribution < 1.29 is 14.6 Å². The fraction of sp³-hybridized carbons (Fsp3) is 0.312. The summed E-state index contributed by atoms with van der Waals surface area (Å²) >= 11 is 3.28. The van der Waals surface area contributed by atoms with Gasteiger partial charge in [0.25, 0.3) is 0 Å². The molecular weight excluding hydrogens is 362 g/mol. The Morgan fingerprint density at radius 1 is 1.35 bits per heavy atom. The minimum atomic E-state index is -1.03.